The smallest absolute Gasteiger partial charge is 0.419 e. The molecule has 2 aromatic carbocycles. The molecule has 0 saturated heterocycles. The highest BCUT2D eigenvalue weighted by atomic mass is 32.1. The van der Waals surface area contributed by atoms with Crippen LogP contribution in [0.3, 0.4) is 0 Å². The SMILES string of the molecule is CC1=NC(CCc2ccc(OCCCc3csc4ccccc34)c(C(F)(F)F)c2)(COP(=O)(C(C)(C)C)C(C)(C)C)CO1. The minimum absolute atomic E-state index is 0.0584. The van der Waals surface area contributed by atoms with Crippen LogP contribution in [0.1, 0.15) is 78.0 Å². The number of nitrogens with zero attached hydrogens (tertiary/aromatic N) is 1. The third-order valence-electron chi connectivity index (χ3n) is 7.86. The van der Waals surface area contributed by atoms with Crippen LogP contribution in [-0.4, -0.2) is 41.6 Å². The van der Waals surface area contributed by atoms with Crippen molar-refractivity contribution in [3.8, 4) is 5.75 Å². The molecule has 1 aliphatic heterocycles. The number of hydrogen-bond acceptors (Lipinski definition) is 6. The Morgan fingerprint density at radius 1 is 1.02 bits per heavy atom. The fourth-order valence-corrected chi connectivity index (χ4v) is 9.85. The van der Waals surface area contributed by atoms with Crippen molar-refractivity contribution in [1.29, 1.82) is 0 Å². The predicted molar refractivity (Wildman–Crippen MR) is 170 cm³/mol. The van der Waals surface area contributed by atoms with Crippen molar-refractivity contribution in [1.82, 2.24) is 0 Å². The Morgan fingerprint density at radius 2 is 1.72 bits per heavy atom. The second kappa shape index (κ2) is 12.6. The molecule has 1 atom stereocenters. The summed E-state index contributed by atoms with van der Waals surface area (Å²) in [4.78, 5) is 4.68. The van der Waals surface area contributed by atoms with Gasteiger partial charge in [-0.25, -0.2) is 4.99 Å². The van der Waals surface area contributed by atoms with E-state index in [0.29, 0.717) is 30.7 Å². The lowest BCUT2D eigenvalue weighted by molar-refractivity contribution is -0.139. The van der Waals surface area contributed by atoms with Crippen LogP contribution >= 0.6 is 18.7 Å². The minimum atomic E-state index is -4.56. The number of rotatable bonds is 11. The molecule has 0 spiro atoms. The van der Waals surface area contributed by atoms with Gasteiger partial charge in [-0.3, -0.25) is 4.57 Å². The standard InChI is InChI=1S/C33H43F3NO4PS/c1-23-37-32(21-40-23,22-41-42(38,30(2,3)4)31(5,6)7)17-16-24-14-15-28(27(19-24)33(34,35)36)39-18-10-11-25-20-43-29-13-9-8-12-26(25)29/h8-9,12-15,19-20H,10-11,16-18,21-22H2,1-7H3. The second-order valence-corrected chi connectivity index (χ2v) is 18.3. The highest BCUT2D eigenvalue weighted by molar-refractivity contribution is 7.62. The fraction of sp³-hybridized carbons (Fsp3) is 0.545. The van der Waals surface area contributed by atoms with Gasteiger partial charge in [0.25, 0.3) is 0 Å². The number of hydrogen-bond donors (Lipinski definition) is 0. The molecule has 1 aliphatic rings. The van der Waals surface area contributed by atoms with Crippen LogP contribution in [0.15, 0.2) is 52.8 Å². The van der Waals surface area contributed by atoms with Crippen molar-refractivity contribution in [2.24, 2.45) is 4.99 Å². The van der Waals surface area contributed by atoms with Crippen molar-refractivity contribution < 1.29 is 31.7 Å². The van der Waals surface area contributed by atoms with Gasteiger partial charge in [0.15, 0.2) is 5.90 Å². The van der Waals surface area contributed by atoms with Gasteiger partial charge in [0.2, 0.25) is 7.37 Å². The van der Waals surface area contributed by atoms with Gasteiger partial charge in [-0.2, -0.15) is 13.2 Å². The molecule has 5 nitrogen and oxygen atoms in total. The van der Waals surface area contributed by atoms with E-state index in [1.807, 2.05) is 53.7 Å². The first-order chi connectivity index (χ1) is 19.9. The Balaban J connectivity index is 1.44. The van der Waals surface area contributed by atoms with Gasteiger partial charge in [-0.1, -0.05) is 65.8 Å². The molecule has 0 N–H and O–H groups in total. The van der Waals surface area contributed by atoms with Crippen LogP contribution in [-0.2, 0) is 32.8 Å². The molecule has 0 fully saturated rings. The average molecular weight is 638 g/mol. The molecule has 4 rings (SSSR count). The average Bonchev–Trinajstić information content (AvgIpc) is 3.50. The Labute approximate surface area is 257 Å². The summed E-state index contributed by atoms with van der Waals surface area (Å²) >= 11 is 1.67. The Morgan fingerprint density at radius 3 is 2.35 bits per heavy atom. The maximum absolute atomic E-state index is 14.1. The monoisotopic (exact) mass is 637 g/mol. The lowest BCUT2D eigenvalue weighted by atomic mass is 9.93. The number of aryl methyl sites for hydroxylation is 2. The first-order valence-electron chi connectivity index (χ1n) is 14.7. The van der Waals surface area contributed by atoms with Crippen LogP contribution in [0.5, 0.6) is 5.75 Å². The fourth-order valence-electron chi connectivity index (χ4n) is 5.64. The van der Waals surface area contributed by atoms with E-state index in [9.17, 15) is 17.7 Å². The third kappa shape index (κ3) is 7.66. The van der Waals surface area contributed by atoms with E-state index < -0.39 is 35.0 Å². The van der Waals surface area contributed by atoms with E-state index in [1.165, 1.54) is 21.7 Å². The highest BCUT2D eigenvalue weighted by Gasteiger charge is 2.50. The molecule has 1 aromatic heterocycles. The molecule has 0 amide bonds. The van der Waals surface area contributed by atoms with Gasteiger partial charge in [0.05, 0.1) is 18.8 Å². The van der Waals surface area contributed by atoms with E-state index >= 15 is 0 Å². The summed E-state index contributed by atoms with van der Waals surface area (Å²) in [6, 6.07) is 12.4. The molecule has 43 heavy (non-hydrogen) atoms. The summed E-state index contributed by atoms with van der Waals surface area (Å²) in [6.07, 6.45) is -2.54. The summed E-state index contributed by atoms with van der Waals surface area (Å²) in [5.41, 5.74) is 0.0703. The van der Waals surface area contributed by atoms with E-state index in [-0.39, 0.29) is 25.6 Å². The van der Waals surface area contributed by atoms with Crippen molar-refractivity contribution in [2.45, 2.75) is 96.2 Å². The van der Waals surface area contributed by atoms with Crippen LogP contribution < -0.4 is 4.74 Å². The minimum Gasteiger partial charge on any atom is -0.493 e. The maximum atomic E-state index is 14.1. The van der Waals surface area contributed by atoms with Crippen molar-refractivity contribution >= 4 is 34.7 Å². The van der Waals surface area contributed by atoms with E-state index in [4.69, 9.17) is 14.0 Å². The van der Waals surface area contributed by atoms with Crippen LogP contribution in [0, 0.1) is 0 Å². The van der Waals surface area contributed by atoms with Gasteiger partial charge in [-0.05, 0) is 65.8 Å². The molecule has 0 saturated carbocycles. The zero-order chi connectivity index (χ0) is 31.7. The summed E-state index contributed by atoms with van der Waals surface area (Å²) in [7, 11) is -3.17. The first kappa shape index (κ1) is 33.5. The summed E-state index contributed by atoms with van der Waals surface area (Å²) in [5, 5.41) is 2.09. The zero-order valence-corrected chi connectivity index (χ0v) is 27.8. The van der Waals surface area contributed by atoms with Gasteiger partial charge in [-0.15, -0.1) is 11.3 Å². The van der Waals surface area contributed by atoms with Crippen LogP contribution in [0.25, 0.3) is 10.1 Å². The highest BCUT2D eigenvalue weighted by Crippen LogP contribution is 2.68. The molecular weight excluding hydrogens is 594 g/mol. The molecule has 0 bridgehead atoms. The Kier molecular flexibility index (Phi) is 9.80. The first-order valence-corrected chi connectivity index (χ1v) is 17.2. The molecule has 0 radical (unpaired) electrons. The molecule has 3 aromatic rings. The summed E-state index contributed by atoms with van der Waals surface area (Å²) < 4.78 is 75.2. The lowest BCUT2D eigenvalue weighted by Gasteiger charge is -2.41. The number of fused-ring (bicyclic) bond motifs is 1. The summed E-state index contributed by atoms with van der Waals surface area (Å²) in [5.74, 6) is 0.318. The van der Waals surface area contributed by atoms with Gasteiger partial charge >= 0.3 is 6.18 Å². The largest absolute Gasteiger partial charge is 0.493 e. The number of ether oxygens (including phenoxy) is 2. The normalized spacial score (nSPS) is 18.1. The number of alkyl halides is 3. The van der Waals surface area contributed by atoms with Crippen molar-refractivity contribution in [2.75, 3.05) is 19.8 Å². The molecule has 0 aliphatic carbocycles. The van der Waals surface area contributed by atoms with Crippen molar-refractivity contribution in [3.63, 3.8) is 0 Å². The maximum Gasteiger partial charge on any atom is 0.419 e. The second-order valence-electron chi connectivity index (χ2n) is 13.3. The predicted octanol–water partition coefficient (Wildman–Crippen LogP) is 9.94. The number of benzene rings is 2. The van der Waals surface area contributed by atoms with E-state index in [0.717, 1.165) is 12.5 Å². The molecular formula is C33H43F3NO4PS. The van der Waals surface area contributed by atoms with E-state index in [2.05, 4.69) is 22.5 Å². The Hall–Kier alpha value is -2.35. The van der Waals surface area contributed by atoms with Crippen LogP contribution in [0.2, 0.25) is 0 Å². The number of thiophene rings is 1. The van der Waals surface area contributed by atoms with Crippen molar-refractivity contribution in [3.05, 3.63) is 64.5 Å². The summed E-state index contributed by atoms with van der Waals surface area (Å²) in [6.45, 7) is 13.6. The quantitative estimate of drug-likeness (QED) is 0.155. The Bertz CT molecular complexity index is 1480. The van der Waals surface area contributed by atoms with Gasteiger partial charge in [0, 0.05) is 21.9 Å². The molecule has 2 heterocycles. The van der Waals surface area contributed by atoms with Gasteiger partial charge in [0.1, 0.15) is 17.9 Å². The number of aliphatic imine (C=N–C) groups is 1. The third-order valence-corrected chi connectivity index (χ3v) is 12.9. The lowest BCUT2D eigenvalue weighted by Crippen LogP contribution is -2.38. The zero-order valence-electron chi connectivity index (χ0n) is 26.1. The van der Waals surface area contributed by atoms with Gasteiger partial charge < -0.3 is 14.0 Å². The van der Waals surface area contributed by atoms with E-state index in [1.54, 1.807) is 24.3 Å². The topological polar surface area (TPSA) is 57.1 Å². The molecule has 1 unspecified atom stereocenters. The number of halogens is 3. The van der Waals surface area contributed by atoms with Crippen LogP contribution in [0.4, 0.5) is 13.2 Å². The molecule has 10 heteroatoms. The molecule has 236 valence electrons.